The van der Waals surface area contributed by atoms with Crippen LogP contribution in [0.2, 0.25) is 0 Å². The van der Waals surface area contributed by atoms with Crippen LogP contribution in [0, 0.1) is 41.5 Å². The van der Waals surface area contributed by atoms with Crippen LogP contribution >= 0.6 is 0 Å². The van der Waals surface area contributed by atoms with Crippen LogP contribution in [-0.4, -0.2) is 30.9 Å². The standard InChI is InChI=1S/C26H32N2O4S2/c1-17-9-11-23(12-10-17)33(29,30)27(7)24-16-25(20(4)15-19(24)3)34(31,32)28(8)26-21(5)13-18(2)14-22(26)6/h9-16H,1-8H3. The number of rotatable bonds is 6. The summed E-state index contributed by atoms with van der Waals surface area (Å²) in [6.45, 7) is 11.1. The highest BCUT2D eigenvalue weighted by Gasteiger charge is 2.29. The first-order valence-electron chi connectivity index (χ1n) is 10.9. The second-order valence-electron chi connectivity index (χ2n) is 8.91. The molecule has 3 aromatic carbocycles. The summed E-state index contributed by atoms with van der Waals surface area (Å²) in [5.74, 6) is 0. The highest BCUT2D eigenvalue weighted by Crippen LogP contribution is 2.34. The van der Waals surface area contributed by atoms with Gasteiger partial charge in [-0.1, -0.05) is 41.5 Å². The number of hydrogen-bond donors (Lipinski definition) is 0. The Morgan fingerprint density at radius 1 is 0.559 bits per heavy atom. The minimum Gasteiger partial charge on any atom is -0.269 e. The number of benzene rings is 3. The van der Waals surface area contributed by atoms with Crippen molar-refractivity contribution in [1.82, 2.24) is 0 Å². The molecule has 3 aromatic rings. The first-order chi connectivity index (χ1) is 15.7. The molecule has 0 saturated carbocycles. The van der Waals surface area contributed by atoms with Crippen LogP contribution in [0.15, 0.2) is 58.3 Å². The van der Waals surface area contributed by atoms with Crippen molar-refractivity contribution >= 4 is 31.4 Å². The molecule has 8 heteroatoms. The highest BCUT2D eigenvalue weighted by atomic mass is 32.2. The quantitative estimate of drug-likeness (QED) is 0.467. The van der Waals surface area contributed by atoms with E-state index in [2.05, 4.69) is 0 Å². The fourth-order valence-electron chi connectivity index (χ4n) is 4.37. The fourth-order valence-corrected chi connectivity index (χ4v) is 7.18. The van der Waals surface area contributed by atoms with Crippen LogP contribution < -0.4 is 8.61 Å². The average Bonchev–Trinajstić information content (AvgIpc) is 2.72. The largest absolute Gasteiger partial charge is 0.269 e. The molecule has 0 bridgehead atoms. The van der Waals surface area contributed by atoms with Crippen LogP contribution in [0.25, 0.3) is 0 Å². The summed E-state index contributed by atoms with van der Waals surface area (Å²) >= 11 is 0. The molecule has 6 nitrogen and oxygen atoms in total. The van der Waals surface area contributed by atoms with Crippen molar-refractivity contribution in [3.63, 3.8) is 0 Å². The zero-order chi connectivity index (χ0) is 25.6. The van der Waals surface area contributed by atoms with E-state index < -0.39 is 20.0 Å². The number of hydrogen-bond acceptors (Lipinski definition) is 4. The molecule has 0 heterocycles. The highest BCUT2D eigenvalue weighted by molar-refractivity contribution is 7.93. The number of nitrogens with zero attached hydrogens (tertiary/aromatic N) is 2. The Morgan fingerprint density at radius 2 is 1.09 bits per heavy atom. The predicted molar refractivity (Wildman–Crippen MR) is 139 cm³/mol. The molecule has 0 amide bonds. The molecule has 0 aromatic heterocycles. The summed E-state index contributed by atoms with van der Waals surface area (Å²) < 4.78 is 56.5. The summed E-state index contributed by atoms with van der Waals surface area (Å²) in [7, 11) is -4.85. The van der Waals surface area contributed by atoms with Crippen molar-refractivity contribution < 1.29 is 16.8 Å². The minimum absolute atomic E-state index is 0.0703. The molecule has 3 rings (SSSR count). The van der Waals surface area contributed by atoms with Crippen molar-refractivity contribution in [2.75, 3.05) is 22.7 Å². The lowest BCUT2D eigenvalue weighted by molar-refractivity contribution is 0.591. The van der Waals surface area contributed by atoms with Gasteiger partial charge in [-0.05, 0) is 82.0 Å². The van der Waals surface area contributed by atoms with Crippen LogP contribution in [0.5, 0.6) is 0 Å². The maximum Gasteiger partial charge on any atom is 0.264 e. The predicted octanol–water partition coefficient (Wildman–Crippen LogP) is 5.19. The van der Waals surface area contributed by atoms with Gasteiger partial charge in [-0.25, -0.2) is 16.8 Å². The second kappa shape index (κ2) is 9.07. The minimum atomic E-state index is -3.96. The zero-order valence-electron chi connectivity index (χ0n) is 21.0. The molecule has 0 spiro atoms. The molecule has 0 atom stereocenters. The first-order valence-corrected chi connectivity index (χ1v) is 13.8. The molecule has 0 N–H and O–H groups in total. The molecule has 0 saturated heterocycles. The molecule has 0 aliphatic heterocycles. The Labute approximate surface area is 204 Å². The third-order valence-corrected chi connectivity index (χ3v) is 9.79. The van der Waals surface area contributed by atoms with E-state index in [9.17, 15) is 16.8 Å². The Morgan fingerprint density at radius 3 is 1.62 bits per heavy atom. The molecule has 0 fully saturated rings. The van der Waals surface area contributed by atoms with Crippen LogP contribution in [0.1, 0.15) is 33.4 Å². The summed E-state index contributed by atoms with van der Waals surface area (Å²) in [6.07, 6.45) is 0. The normalized spacial score (nSPS) is 12.0. The lowest BCUT2D eigenvalue weighted by Crippen LogP contribution is -2.30. The smallest absolute Gasteiger partial charge is 0.264 e. The monoisotopic (exact) mass is 500 g/mol. The SMILES string of the molecule is Cc1ccc(S(=O)(=O)N(C)c2cc(S(=O)(=O)N(C)c3c(C)cc(C)cc3C)c(C)cc2C)cc1. The lowest BCUT2D eigenvalue weighted by atomic mass is 10.1. The summed E-state index contributed by atoms with van der Waals surface area (Å²) in [6, 6.07) is 13.7. The van der Waals surface area contributed by atoms with E-state index >= 15 is 0 Å². The van der Waals surface area contributed by atoms with E-state index in [0.29, 0.717) is 22.5 Å². The van der Waals surface area contributed by atoms with E-state index in [1.54, 1.807) is 44.2 Å². The topological polar surface area (TPSA) is 74.8 Å². The Hall–Kier alpha value is -2.84. The number of sulfonamides is 2. The molecule has 182 valence electrons. The van der Waals surface area contributed by atoms with Gasteiger partial charge >= 0.3 is 0 Å². The van der Waals surface area contributed by atoms with Crippen molar-refractivity contribution in [3.05, 3.63) is 81.9 Å². The van der Waals surface area contributed by atoms with Gasteiger partial charge in [0, 0.05) is 14.1 Å². The van der Waals surface area contributed by atoms with Gasteiger partial charge in [0.1, 0.15) is 0 Å². The van der Waals surface area contributed by atoms with Gasteiger partial charge in [0.25, 0.3) is 20.0 Å². The third-order valence-electron chi connectivity index (χ3n) is 6.10. The van der Waals surface area contributed by atoms with Gasteiger partial charge < -0.3 is 0 Å². The van der Waals surface area contributed by atoms with E-state index in [1.165, 1.54) is 24.5 Å². The van der Waals surface area contributed by atoms with Gasteiger partial charge in [0.2, 0.25) is 0 Å². The van der Waals surface area contributed by atoms with Crippen LogP contribution in [0.4, 0.5) is 11.4 Å². The Bertz CT molecular complexity index is 1440. The molecule has 0 unspecified atom stereocenters. The molecule has 0 aliphatic rings. The van der Waals surface area contributed by atoms with E-state index in [0.717, 1.165) is 26.6 Å². The first kappa shape index (κ1) is 25.8. The molecular weight excluding hydrogens is 468 g/mol. The van der Waals surface area contributed by atoms with Crippen molar-refractivity contribution in [3.8, 4) is 0 Å². The van der Waals surface area contributed by atoms with Crippen LogP contribution in [-0.2, 0) is 20.0 Å². The molecular formula is C26H32N2O4S2. The maximum absolute atomic E-state index is 13.7. The Kier molecular flexibility index (Phi) is 6.88. The van der Waals surface area contributed by atoms with Gasteiger partial charge in [-0.3, -0.25) is 8.61 Å². The maximum atomic E-state index is 13.7. The van der Waals surface area contributed by atoms with Crippen molar-refractivity contribution in [2.24, 2.45) is 0 Å². The second-order valence-corrected chi connectivity index (χ2v) is 12.8. The van der Waals surface area contributed by atoms with E-state index in [1.807, 2.05) is 39.8 Å². The summed E-state index contributed by atoms with van der Waals surface area (Å²) in [5, 5.41) is 0. The van der Waals surface area contributed by atoms with Crippen molar-refractivity contribution in [1.29, 1.82) is 0 Å². The lowest BCUT2D eigenvalue weighted by Gasteiger charge is -2.27. The van der Waals surface area contributed by atoms with Gasteiger partial charge in [0.05, 0.1) is 21.2 Å². The van der Waals surface area contributed by atoms with Crippen molar-refractivity contribution in [2.45, 2.75) is 51.3 Å². The summed E-state index contributed by atoms with van der Waals surface area (Å²) in [4.78, 5) is 0.217. The molecule has 0 radical (unpaired) electrons. The number of anilines is 2. The van der Waals surface area contributed by atoms with Gasteiger partial charge in [0.15, 0.2) is 0 Å². The molecule has 0 aliphatic carbocycles. The molecule has 34 heavy (non-hydrogen) atoms. The van der Waals surface area contributed by atoms with Gasteiger partial charge in [-0.2, -0.15) is 0 Å². The van der Waals surface area contributed by atoms with E-state index in [-0.39, 0.29) is 9.79 Å². The van der Waals surface area contributed by atoms with E-state index in [4.69, 9.17) is 0 Å². The van der Waals surface area contributed by atoms with Gasteiger partial charge in [-0.15, -0.1) is 0 Å². The van der Waals surface area contributed by atoms with Crippen LogP contribution in [0.3, 0.4) is 0 Å². The number of aryl methyl sites for hydroxylation is 6. The summed E-state index contributed by atoms with van der Waals surface area (Å²) in [5.41, 5.74) is 5.87. The third kappa shape index (κ3) is 4.57. The Balaban J connectivity index is 2.14. The average molecular weight is 501 g/mol. The zero-order valence-corrected chi connectivity index (χ0v) is 22.6. The fraction of sp³-hybridized carbons (Fsp3) is 0.308.